The fourth-order valence-electron chi connectivity index (χ4n) is 1.82. The van der Waals surface area contributed by atoms with Crippen molar-refractivity contribution in [1.29, 1.82) is 0 Å². The third-order valence-electron chi connectivity index (χ3n) is 2.90. The fraction of sp³-hybridized carbons (Fsp3) is 0.286. The van der Waals surface area contributed by atoms with Crippen molar-refractivity contribution < 1.29 is 24.0 Å². The Kier molecular flexibility index (Phi) is 5.47. The molecule has 1 fully saturated rings. The van der Waals surface area contributed by atoms with Crippen LogP contribution in [0.5, 0.6) is 0 Å². The lowest BCUT2D eigenvalue weighted by atomic mass is 10.2. The normalized spacial score (nSPS) is 14.1. The predicted molar refractivity (Wildman–Crippen MR) is 83.3 cm³/mol. The van der Waals surface area contributed by atoms with E-state index >= 15 is 0 Å². The quantitative estimate of drug-likeness (QED) is 0.572. The van der Waals surface area contributed by atoms with Crippen LogP contribution in [-0.4, -0.2) is 35.3 Å². The summed E-state index contributed by atoms with van der Waals surface area (Å²) >= 11 is 2.09. The highest BCUT2D eigenvalue weighted by atomic mass is 127. The molecule has 8 heteroatoms. The van der Waals surface area contributed by atoms with Crippen molar-refractivity contribution in [3.05, 3.63) is 33.4 Å². The first kappa shape index (κ1) is 16.4. The van der Waals surface area contributed by atoms with Gasteiger partial charge in [-0.25, -0.2) is 4.79 Å². The number of imide groups is 1. The van der Waals surface area contributed by atoms with E-state index in [0.29, 0.717) is 10.6 Å². The van der Waals surface area contributed by atoms with Crippen LogP contribution in [0, 0.1) is 3.57 Å². The SMILES string of the molecule is O=C(CCNC(=O)c1cccc(I)c1)ON1C(=O)CCC1=O. The molecule has 2 rings (SSSR count). The third kappa shape index (κ3) is 4.26. The van der Waals surface area contributed by atoms with Crippen LogP contribution in [0.3, 0.4) is 0 Å². The van der Waals surface area contributed by atoms with E-state index in [1.165, 1.54) is 0 Å². The van der Waals surface area contributed by atoms with Gasteiger partial charge >= 0.3 is 5.97 Å². The van der Waals surface area contributed by atoms with E-state index < -0.39 is 17.8 Å². The molecule has 0 aliphatic carbocycles. The molecule has 7 nitrogen and oxygen atoms in total. The maximum absolute atomic E-state index is 11.8. The molecule has 1 saturated heterocycles. The van der Waals surface area contributed by atoms with Gasteiger partial charge in [0.1, 0.15) is 0 Å². The summed E-state index contributed by atoms with van der Waals surface area (Å²) in [5.41, 5.74) is 0.491. The lowest BCUT2D eigenvalue weighted by Gasteiger charge is -2.12. The largest absolute Gasteiger partial charge is 0.351 e. The van der Waals surface area contributed by atoms with E-state index in [4.69, 9.17) is 0 Å². The number of halogens is 1. The molecule has 0 radical (unpaired) electrons. The van der Waals surface area contributed by atoms with Gasteiger partial charge in [-0.3, -0.25) is 14.4 Å². The molecule has 0 spiro atoms. The average Bonchev–Trinajstić information content (AvgIpc) is 2.79. The molecule has 1 aromatic carbocycles. The Bertz CT molecular complexity index is 615. The van der Waals surface area contributed by atoms with Crippen LogP contribution in [0.1, 0.15) is 29.6 Å². The van der Waals surface area contributed by atoms with Crippen molar-refractivity contribution in [2.45, 2.75) is 19.3 Å². The summed E-state index contributed by atoms with van der Waals surface area (Å²) in [4.78, 5) is 50.6. The molecule has 116 valence electrons. The topological polar surface area (TPSA) is 92.8 Å². The Labute approximate surface area is 140 Å². The average molecular weight is 416 g/mol. The summed E-state index contributed by atoms with van der Waals surface area (Å²) in [5, 5.41) is 3.06. The van der Waals surface area contributed by atoms with Gasteiger partial charge in [-0.1, -0.05) is 6.07 Å². The maximum Gasteiger partial charge on any atom is 0.334 e. The van der Waals surface area contributed by atoms with E-state index in [-0.39, 0.29) is 31.7 Å². The Morgan fingerprint density at radius 1 is 1.23 bits per heavy atom. The van der Waals surface area contributed by atoms with Crippen molar-refractivity contribution in [1.82, 2.24) is 10.4 Å². The second-order valence-electron chi connectivity index (χ2n) is 4.56. The van der Waals surface area contributed by atoms with Crippen LogP contribution in [0.4, 0.5) is 0 Å². The second-order valence-corrected chi connectivity index (χ2v) is 5.81. The molecule has 0 aromatic heterocycles. The van der Waals surface area contributed by atoms with Gasteiger partial charge in [0.25, 0.3) is 17.7 Å². The maximum atomic E-state index is 11.8. The van der Waals surface area contributed by atoms with Crippen LogP contribution in [-0.2, 0) is 19.2 Å². The Morgan fingerprint density at radius 3 is 2.55 bits per heavy atom. The lowest BCUT2D eigenvalue weighted by Crippen LogP contribution is -2.33. The minimum atomic E-state index is -0.744. The van der Waals surface area contributed by atoms with Gasteiger partial charge < -0.3 is 10.2 Å². The molecule has 0 atom stereocenters. The van der Waals surface area contributed by atoms with Gasteiger partial charge in [-0.15, -0.1) is 5.06 Å². The van der Waals surface area contributed by atoms with Crippen LogP contribution in [0.2, 0.25) is 0 Å². The molecule has 1 N–H and O–H groups in total. The monoisotopic (exact) mass is 416 g/mol. The Morgan fingerprint density at radius 2 is 1.91 bits per heavy atom. The molecule has 0 bridgehead atoms. The van der Waals surface area contributed by atoms with E-state index in [1.54, 1.807) is 18.2 Å². The molecule has 1 aliphatic heterocycles. The van der Waals surface area contributed by atoms with Crippen molar-refractivity contribution in [3.8, 4) is 0 Å². The zero-order chi connectivity index (χ0) is 16.1. The summed E-state index contributed by atoms with van der Waals surface area (Å²) in [5.74, 6) is -2.10. The molecule has 1 aliphatic rings. The van der Waals surface area contributed by atoms with Crippen molar-refractivity contribution in [2.75, 3.05) is 6.54 Å². The minimum absolute atomic E-state index is 0.0511. The van der Waals surface area contributed by atoms with E-state index in [9.17, 15) is 19.2 Å². The molecular formula is C14H13IN2O5. The summed E-state index contributed by atoms with van der Waals surface area (Å²) in [6, 6.07) is 7.00. The number of carbonyl (C=O) groups excluding carboxylic acids is 4. The van der Waals surface area contributed by atoms with Gasteiger partial charge in [-0.05, 0) is 40.8 Å². The van der Waals surface area contributed by atoms with Crippen LogP contribution < -0.4 is 5.32 Å². The standard InChI is InChI=1S/C14H13IN2O5/c15-10-3-1-2-9(8-10)14(21)16-7-6-13(20)22-17-11(18)4-5-12(17)19/h1-3,8H,4-7H2,(H,16,21). The molecule has 1 heterocycles. The zero-order valence-electron chi connectivity index (χ0n) is 11.5. The number of hydrogen-bond donors (Lipinski definition) is 1. The number of benzene rings is 1. The number of hydroxylamine groups is 2. The number of rotatable bonds is 5. The highest BCUT2D eigenvalue weighted by Gasteiger charge is 2.32. The highest BCUT2D eigenvalue weighted by Crippen LogP contribution is 2.12. The third-order valence-corrected chi connectivity index (χ3v) is 3.57. The van der Waals surface area contributed by atoms with Crippen LogP contribution in [0.15, 0.2) is 24.3 Å². The van der Waals surface area contributed by atoms with E-state index in [2.05, 4.69) is 32.7 Å². The van der Waals surface area contributed by atoms with E-state index in [0.717, 1.165) is 3.57 Å². The summed E-state index contributed by atoms with van der Waals surface area (Å²) in [6.07, 6.45) is -0.0301. The van der Waals surface area contributed by atoms with Gasteiger partial charge in [0.2, 0.25) is 0 Å². The summed E-state index contributed by atoms with van der Waals surface area (Å²) in [6.45, 7) is 0.0549. The molecule has 0 unspecified atom stereocenters. The number of carbonyl (C=O) groups is 4. The lowest BCUT2D eigenvalue weighted by molar-refractivity contribution is -0.197. The van der Waals surface area contributed by atoms with E-state index in [1.807, 2.05) is 6.07 Å². The first-order chi connectivity index (χ1) is 10.5. The van der Waals surface area contributed by atoms with Crippen molar-refractivity contribution in [3.63, 3.8) is 0 Å². The first-order valence-corrected chi connectivity index (χ1v) is 7.65. The van der Waals surface area contributed by atoms with Gasteiger partial charge in [0.05, 0.1) is 6.42 Å². The van der Waals surface area contributed by atoms with Crippen molar-refractivity contribution in [2.24, 2.45) is 0 Å². The Hall–Kier alpha value is -1.97. The van der Waals surface area contributed by atoms with Gasteiger partial charge in [-0.2, -0.15) is 0 Å². The number of nitrogens with zero attached hydrogens (tertiary/aromatic N) is 1. The summed E-state index contributed by atoms with van der Waals surface area (Å²) < 4.78 is 0.927. The molecule has 0 saturated carbocycles. The highest BCUT2D eigenvalue weighted by molar-refractivity contribution is 14.1. The van der Waals surface area contributed by atoms with Gasteiger partial charge in [0, 0.05) is 28.5 Å². The second kappa shape index (κ2) is 7.34. The number of nitrogens with one attached hydrogen (secondary N) is 1. The fourth-order valence-corrected chi connectivity index (χ4v) is 2.36. The van der Waals surface area contributed by atoms with Crippen LogP contribution >= 0.6 is 22.6 Å². The minimum Gasteiger partial charge on any atom is -0.351 e. The molecular weight excluding hydrogens is 403 g/mol. The van der Waals surface area contributed by atoms with Crippen molar-refractivity contribution >= 4 is 46.3 Å². The molecule has 3 amide bonds. The molecule has 22 heavy (non-hydrogen) atoms. The zero-order valence-corrected chi connectivity index (χ0v) is 13.7. The number of hydrogen-bond acceptors (Lipinski definition) is 5. The molecule has 1 aromatic rings. The number of amides is 3. The van der Waals surface area contributed by atoms with Gasteiger partial charge in [0.15, 0.2) is 0 Å². The Balaban J connectivity index is 1.76. The smallest absolute Gasteiger partial charge is 0.334 e. The first-order valence-electron chi connectivity index (χ1n) is 6.57. The predicted octanol–water partition coefficient (Wildman–Crippen LogP) is 1.02. The van der Waals surface area contributed by atoms with Crippen LogP contribution in [0.25, 0.3) is 0 Å². The summed E-state index contributed by atoms with van der Waals surface area (Å²) in [7, 11) is 0.